The molecule has 0 N–H and O–H groups in total. The third kappa shape index (κ3) is 4.20. The van der Waals surface area contributed by atoms with Gasteiger partial charge in [0.1, 0.15) is 0 Å². The molecule has 0 bridgehead atoms. The van der Waals surface area contributed by atoms with Crippen LogP contribution in [0.4, 0.5) is 5.69 Å². The van der Waals surface area contributed by atoms with Gasteiger partial charge in [0.2, 0.25) is 0 Å². The SMILES string of the molecule is COc1ccc(C(=CC#N)c2cn(S(=O)(=O)c3ccc([N+](=O)[O-])cc3)c3ccccc23)cc1OC. The maximum absolute atomic E-state index is 13.5. The number of benzene rings is 3. The third-order valence-corrected chi connectivity index (χ3v) is 7.16. The fourth-order valence-electron chi connectivity index (χ4n) is 3.80. The Hall–Kier alpha value is -4.62. The molecule has 10 heteroatoms. The second-order valence-electron chi connectivity index (χ2n) is 7.37. The lowest BCUT2D eigenvalue weighted by atomic mass is 9.97. The molecule has 4 rings (SSSR count). The quantitative estimate of drug-likeness (QED) is 0.208. The zero-order valence-electron chi connectivity index (χ0n) is 18.7. The Labute approximate surface area is 201 Å². The molecule has 0 atom stereocenters. The molecule has 0 aliphatic carbocycles. The molecular weight excluding hydrogens is 470 g/mol. The van der Waals surface area contributed by atoms with E-state index in [2.05, 4.69) is 0 Å². The summed E-state index contributed by atoms with van der Waals surface area (Å²) in [7, 11) is -1.09. The standard InChI is InChI=1S/C25H19N3O6S/c1-33-24-12-7-17(15-25(24)34-2)20(13-14-26)22-16-27(23-6-4-3-5-21(22)23)35(31,32)19-10-8-18(9-11-19)28(29)30/h3-13,15-16H,1-2H3. The van der Waals surface area contributed by atoms with Crippen molar-refractivity contribution in [3.63, 3.8) is 0 Å². The summed E-state index contributed by atoms with van der Waals surface area (Å²) < 4.78 is 38.8. The summed E-state index contributed by atoms with van der Waals surface area (Å²) in [5, 5.41) is 21.1. The van der Waals surface area contributed by atoms with Crippen LogP contribution in [0.15, 0.2) is 83.9 Å². The highest BCUT2D eigenvalue weighted by atomic mass is 32.2. The topological polar surface area (TPSA) is 124 Å². The second kappa shape index (κ2) is 9.32. The maximum Gasteiger partial charge on any atom is 0.269 e. The van der Waals surface area contributed by atoms with Crippen molar-refractivity contribution < 1.29 is 22.8 Å². The molecule has 1 aromatic heterocycles. The van der Waals surface area contributed by atoms with Crippen LogP contribution in [0.1, 0.15) is 11.1 Å². The van der Waals surface area contributed by atoms with Gasteiger partial charge in [-0.3, -0.25) is 10.1 Å². The molecule has 0 spiro atoms. The van der Waals surface area contributed by atoms with Crippen molar-refractivity contribution in [3.05, 3.63) is 100 Å². The first-order valence-corrected chi connectivity index (χ1v) is 11.7. The Balaban J connectivity index is 1.93. The number of methoxy groups -OCH3 is 2. The first kappa shape index (κ1) is 23.5. The van der Waals surface area contributed by atoms with Crippen molar-refractivity contribution >= 4 is 32.2 Å². The predicted molar refractivity (Wildman–Crippen MR) is 130 cm³/mol. The minimum atomic E-state index is -4.10. The minimum absolute atomic E-state index is 0.104. The van der Waals surface area contributed by atoms with Gasteiger partial charge in [-0.25, -0.2) is 12.4 Å². The van der Waals surface area contributed by atoms with Gasteiger partial charge in [-0.15, -0.1) is 0 Å². The lowest BCUT2D eigenvalue weighted by Crippen LogP contribution is -2.11. The van der Waals surface area contributed by atoms with E-state index >= 15 is 0 Å². The fourth-order valence-corrected chi connectivity index (χ4v) is 5.17. The van der Waals surface area contributed by atoms with Crippen molar-refractivity contribution in [2.45, 2.75) is 4.90 Å². The van der Waals surface area contributed by atoms with Crippen LogP contribution in [0.25, 0.3) is 16.5 Å². The van der Waals surface area contributed by atoms with Gasteiger partial charge in [0.05, 0.1) is 35.6 Å². The van der Waals surface area contributed by atoms with Crippen LogP contribution >= 0.6 is 0 Å². The Morgan fingerprint density at radius 1 is 1.03 bits per heavy atom. The van der Waals surface area contributed by atoms with Gasteiger partial charge in [0, 0.05) is 40.9 Å². The van der Waals surface area contributed by atoms with E-state index in [0.29, 0.717) is 39.1 Å². The molecule has 0 aliphatic rings. The van der Waals surface area contributed by atoms with E-state index in [4.69, 9.17) is 9.47 Å². The van der Waals surface area contributed by atoms with Crippen molar-refractivity contribution in [1.29, 1.82) is 5.26 Å². The number of nitrogens with zero attached hydrogens (tertiary/aromatic N) is 3. The number of aromatic nitrogens is 1. The van der Waals surface area contributed by atoms with Gasteiger partial charge in [-0.2, -0.15) is 5.26 Å². The summed E-state index contributed by atoms with van der Waals surface area (Å²) in [6.07, 6.45) is 2.78. The Morgan fingerprint density at radius 2 is 1.71 bits per heavy atom. The summed E-state index contributed by atoms with van der Waals surface area (Å²) in [5.41, 5.74) is 1.81. The van der Waals surface area contributed by atoms with E-state index in [1.807, 2.05) is 6.07 Å². The van der Waals surface area contributed by atoms with Gasteiger partial charge < -0.3 is 9.47 Å². The minimum Gasteiger partial charge on any atom is -0.493 e. The molecule has 0 fully saturated rings. The number of nitro groups is 1. The van der Waals surface area contributed by atoms with Crippen LogP contribution < -0.4 is 9.47 Å². The van der Waals surface area contributed by atoms with E-state index in [9.17, 15) is 23.8 Å². The number of rotatable bonds is 7. The van der Waals surface area contributed by atoms with Crippen LogP contribution in [0.2, 0.25) is 0 Å². The lowest BCUT2D eigenvalue weighted by molar-refractivity contribution is -0.384. The highest BCUT2D eigenvalue weighted by molar-refractivity contribution is 7.90. The molecule has 35 heavy (non-hydrogen) atoms. The number of hydrogen-bond donors (Lipinski definition) is 0. The monoisotopic (exact) mass is 489 g/mol. The maximum atomic E-state index is 13.5. The molecule has 0 unspecified atom stereocenters. The number of hydrogen-bond acceptors (Lipinski definition) is 7. The Morgan fingerprint density at radius 3 is 2.34 bits per heavy atom. The van der Waals surface area contributed by atoms with Gasteiger partial charge in [0.25, 0.3) is 15.7 Å². The Bertz CT molecular complexity index is 1610. The molecule has 4 aromatic rings. The molecule has 176 valence electrons. The number of non-ortho nitro benzene ring substituents is 1. The van der Waals surface area contributed by atoms with E-state index < -0.39 is 14.9 Å². The van der Waals surface area contributed by atoms with Gasteiger partial charge >= 0.3 is 0 Å². The van der Waals surface area contributed by atoms with Crippen molar-refractivity contribution in [3.8, 4) is 17.6 Å². The van der Waals surface area contributed by atoms with Gasteiger partial charge in [0.15, 0.2) is 11.5 Å². The van der Waals surface area contributed by atoms with Gasteiger partial charge in [-0.1, -0.05) is 24.3 Å². The highest BCUT2D eigenvalue weighted by Crippen LogP contribution is 2.37. The number of ether oxygens (including phenoxy) is 2. The zero-order valence-corrected chi connectivity index (χ0v) is 19.5. The molecular formula is C25H19N3O6S. The zero-order chi connectivity index (χ0) is 25.2. The molecule has 0 saturated heterocycles. The molecule has 0 amide bonds. The number of nitro benzene ring substituents is 1. The summed E-state index contributed by atoms with van der Waals surface area (Å²) in [6, 6.07) is 18.8. The van der Waals surface area contributed by atoms with E-state index in [-0.39, 0.29) is 10.6 Å². The lowest BCUT2D eigenvalue weighted by Gasteiger charge is -2.11. The summed E-state index contributed by atoms with van der Waals surface area (Å²) in [4.78, 5) is 10.3. The largest absolute Gasteiger partial charge is 0.493 e. The number of fused-ring (bicyclic) bond motifs is 1. The molecule has 0 radical (unpaired) electrons. The van der Waals surface area contributed by atoms with Crippen LogP contribution in [-0.2, 0) is 10.0 Å². The highest BCUT2D eigenvalue weighted by Gasteiger charge is 2.24. The van der Waals surface area contributed by atoms with E-state index in [0.717, 1.165) is 16.1 Å². The molecule has 9 nitrogen and oxygen atoms in total. The van der Waals surface area contributed by atoms with Crippen LogP contribution in [0, 0.1) is 21.4 Å². The molecule has 0 aliphatic heterocycles. The number of nitriles is 1. The van der Waals surface area contributed by atoms with Crippen LogP contribution in [0.3, 0.4) is 0 Å². The van der Waals surface area contributed by atoms with Gasteiger partial charge in [-0.05, 0) is 35.9 Å². The van der Waals surface area contributed by atoms with E-state index in [1.54, 1.807) is 42.5 Å². The second-order valence-corrected chi connectivity index (χ2v) is 9.18. The van der Waals surface area contributed by atoms with Crippen molar-refractivity contribution in [2.24, 2.45) is 0 Å². The third-order valence-electron chi connectivity index (χ3n) is 5.48. The number of allylic oxidation sites excluding steroid dienone is 1. The average Bonchev–Trinajstić information content (AvgIpc) is 3.27. The average molecular weight is 490 g/mol. The first-order valence-electron chi connectivity index (χ1n) is 10.2. The van der Waals surface area contributed by atoms with Crippen LogP contribution in [0.5, 0.6) is 11.5 Å². The van der Waals surface area contributed by atoms with Crippen molar-refractivity contribution in [1.82, 2.24) is 3.97 Å². The molecule has 3 aromatic carbocycles. The molecule has 0 saturated carbocycles. The summed E-state index contributed by atoms with van der Waals surface area (Å²) >= 11 is 0. The smallest absolute Gasteiger partial charge is 0.269 e. The van der Waals surface area contributed by atoms with Crippen molar-refractivity contribution in [2.75, 3.05) is 14.2 Å². The predicted octanol–water partition coefficient (Wildman–Crippen LogP) is 4.76. The number of para-hydroxylation sites is 1. The van der Waals surface area contributed by atoms with E-state index in [1.165, 1.54) is 38.6 Å². The van der Waals surface area contributed by atoms with Crippen LogP contribution in [-0.4, -0.2) is 31.5 Å². The summed E-state index contributed by atoms with van der Waals surface area (Å²) in [6.45, 7) is 0. The fraction of sp³-hybridized carbons (Fsp3) is 0.0800. The Kier molecular flexibility index (Phi) is 6.27. The normalized spacial score (nSPS) is 11.7. The summed E-state index contributed by atoms with van der Waals surface area (Å²) in [5.74, 6) is 0.965. The first-order chi connectivity index (χ1) is 16.8. The molecule has 1 heterocycles.